The molecule has 1 aromatic carbocycles. The molecule has 0 saturated heterocycles. The predicted octanol–water partition coefficient (Wildman–Crippen LogP) is 2.72. The third-order valence-electron chi connectivity index (χ3n) is 2.40. The molecule has 1 heterocycles. The van der Waals surface area contributed by atoms with Crippen LogP contribution in [0.25, 0.3) is 0 Å². The molecule has 0 amide bonds. The Kier molecular flexibility index (Phi) is 3.23. The first kappa shape index (κ1) is 11.4. The molecule has 0 spiro atoms. The van der Waals surface area contributed by atoms with E-state index in [2.05, 4.69) is 10.3 Å². The monoisotopic (exact) mass is 231 g/mol. The van der Waals surface area contributed by atoms with Crippen molar-refractivity contribution in [1.82, 2.24) is 4.98 Å². The SMILES string of the molecule is Cc1cnc(NCc2cccc(F)c2)c(N)c1. The number of halogens is 1. The molecule has 0 radical (unpaired) electrons. The first-order valence-electron chi connectivity index (χ1n) is 5.35. The molecule has 2 rings (SSSR count). The van der Waals surface area contributed by atoms with Crippen LogP contribution in [0.4, 0.5) is 15.9 Å². The predicted molar refractivity (Wildman–Crippen MR) is 67.1 cm³/mol. The summed E-state index contributed by atoms with van der Waals surface area (Å²) in [4.78, 5) is 4.19. The van der Waals surface area contributed by atoms with Crippen molar-refractivity contribution in [3.63, 3.8) is 0 Å². The van der Waals surface area contributed by atoms with E-state index in [1.165, 1.54) is 12.1 Å². The van der Waals surface area contributed by atoms with Crippen LogP contribution in [-0.2, 0) is 6.54 Å². The fraction of sp³-hybridized carbons (Fsp3) is 0.154. The minimum Gasteiger partial charge on any atom is -0.396 e. The van der Waals surface area contributed by atoms with Crippen molar-refractivity contribution >= 4 is 11.5 Å². The zero-order chi connectivity index (χ0) is 12.3. The molecule has 0 bridgehead atoms. The average molecular weight is 231 g/mol. The van der Waals surface area contributed by atoms with Gasteiger partial charge in [0, 0.05) is 12.7 Å². The first-order valence-corrected chi connectivity index (χ1v) is 5.35. The number of nitrogen functional groups attached to an aromatic ring is 1. The quantitative estimate of drug-likeness (QED) is 0.854. The fourth-order valence-corrected chi connectivity index (χ4v) is 1.57. The highest BCUT2D eigenvalue weighted by molar-refractivity contribution is 5.61. The van der Waals surface area contributed by atoms with Gasteiger partial charge in [0.2, 0.25) is 0 Å². The molecule has 0 atom stereocenters. The Morgan fingerprint density at radius 3 is 2.88 bits per heavy atom. The Morgan fingerprint density at radius 2 is 2.18 bits per heavy atom. The van der Waals surface area contributed by atoms with Crippen molar-refractivity contribution in [3.8, 4) is 0 Å². The van der Waals surface area contributed by atoms with E-state index in [9.17, 15) is 4.39 Å². The smallest absolute Gasteiger partial charge is 0.149 e. The van der Waals surface area contributed by atoms with E-state index in [-0.39, 0.29) is 5.82 Å². The van der Waals surface area contributed by atoms with E-state index in [0.717, 1.165) is 11.1 Å². The van der Waals surface area contributed by atoms with Crippen molar-refractivity contribution in [3.05, 3.63) is 53.5 Å². The number of hydrogen-bond acceptors (Lipinski definition) is 3. The van der Waals surface area contributed by atoms with Gasteiger partial charge in [0.25, 0.3) is 0 Å². The Labute approximate surface area is 99.5 Å². The van der Waals surface area contributed by atoms with Crippen LogP contribution in [0.15, 0.2) is 36.5 Å². The number of aryl methyl sites for hydroxylation is 1. The van der Waals surface area contributed by atoms with Gasteiger partial charge in [-0.1, -0.05) is 12.1 Å². The third kappa shape index (κ3) is 2.93. The van der Waals surface area contributed by atoms with Gasteiger partial charge in [-0.15, -0.1) is 0 Å². The Morgan fingerprint density at radius 1 is 1.35 bits per heavy atom. The maximum absolute atomic E-state index is 13.0. The van der Waals surface area contributed by atoms with E-state index in [1.54, 1.807) is 12.3 Å². The summed E-state index contributed by atoms with van der Waals surface area (Å²) >= 11 is 0. The molecular weight excluding hydrogens is 217 g/mol. The normalized spacial score (nSPS) is 10.2. The Balaban J connectivity index is 2.07. The van der Waals surface area contributed by atoms with E-state index in [4.69, 9.17) is 5.73 Å². The number of aromatic nitrogens is 1. The van der Waals surface area contributed by atoms with E-state index < -0.39 is 0 Å². The highest BCUT2D eigenvalue weighted by Gasteiger charge is 2.01. The number of anilines is 2. The number of hydrogen-bond donors (Lipinski definition) is 2. The summed E-state index contributed by atoms with van der Waals surface area (Å²) in [5.74, 6) is 0.383. The number of rotatable bonds is 3. The highest BCUT2D eigenvalue weighted by atomic mass is 19.1. The lowest BCUT2D eigenvalue weighted by molar-refractivity contribution is 0.626. The van der Waals surface area contributed by atoms with Gasteiger partial charge >= 0.3 is 0 Å². The maximum atomic E-state index is 13.0. The molecule has 3 N–H and O–H groups in total. The summed E-state index contributed by atoms with van der Waals surface area (Å²) in [6, 6.07) is 8.28. The number of pyridine rings is 1. The summed E-state index contributed by atoms with van der Waals surface area (Å²) in [5, 5.41) is 3.08. The van der Waals surface area contributed by atoms with Gasteiger partial charge < -0.3 is 11.1 Å². The number of nitrogens with zero attached hydrogens (tertiary/aromatic N) is 1. The topological polar surface area (TPSA) is 50.9 Å². The molecule has 0 fully saturated rings. The molecule has 0 saturated carbocycles. The molecule has 3 nitrogen and oxygen atoms in total. The van der Waals surface area contributed by atoms with Crippen LogP contribution < -0.4 is 11.1 Å². The van der Waals surface area contributed by atoms with Gasteiger partial charge in [0.1, 0.15) is 11.6 Å². The summed E-state index contributed by atoms with van der Waals surface area (Å²) in [7, 11) is 0. The molecule has 1 aromatic heterocycles. The van der Waals surface area contributed by atoms with Crippen LogP contribution in [0.5, 0.6) is 0 Å². The largest absolute Gasteiger partial charge is 0.396 e. The molecule has 17 heavy (non-hydrogen) atoms. The van der Waals surface area contributed by atoms with Gasteiger partial charge in [-0.05, 0) is 36.2 Å². The third-order valence-corrected chi connectivity index (χ3v) is 2.40. The van der Waals surface area contributed by atoms with E-state index >= 15 is 0 Å². The fourth-order valence-electron chi connectivity index (χ4n) is 1.57. The summed E-state index contributed by atoms with van der Waals surface area (Å²) in [5.41, 5.74) is 8.28. The van der Waals surface area contributed by atoms with Crippen LogP contribution in [0.3, 0.4) is 0 Å². The van der Waals surface area contributed by atoms with Gasteiger partial charge in [0.05, 0.1) is 5.69 Å². The van der Waals surface area contributed by atoms with E-state index in [0.29, 0.717) is 18.1 Å². The van der Waals surface area contributed by atoms with Gasteiger partial charge in [0.15, 0.2) is 0 Å². The lowest BCUT2D eigenvalue weighted by Gasteiger charge is -2.08. The van der Waals surface area contributed by atoms with Crippen LogP contribution >= 0.6 is 0 Å². The summed E-state index contributed by atoms with van der Waals surface area (Å²) in [6.45, 7) is 2.43. The molecule has 0 aliphatic heterocycles. The minimum atomic E-state index is -0.242. The molecule has 0 unspecified atom stereocenters. The second-order valence-electron chi connectivity index (χ2n) is 3.93. The molecule has 2 aromatic rings. The van der Waals surface area contributed by atoms with Crippen molar-refractivity contribution in [1.29, 1.82) is 0 Å². The average Bonchev–Trinajstić information content (AvgIpc) is 2.28. The van der Waals surface area contributed by atoms with Crippen LogP contribution in [-0.4, -0.2) is 4.98 Å². The lowest BCUT2D eigenvalue weighted by Crippen LogP contribution is -2.04. The molecular formula is C13H14FN3. The number of benzene rings is 1. The zero-order valence-corrected chi connectivity index (χ0v) is 9.57. The van der Waals surface area contributed by atoms with Crippen LogP contribution in [0.2, 0.25) is 0 Å². The van der Waals surface area contributed by atoms with Gasteiger partial charge in [-0.3, -0.25) is 0 Å². The second-order valence-corrected chi connectivity index (χ2v) is 3.93. The van der Waals surface area contributed by atoms with Gasteiger partial charge in [-0.25, -0.2) is 9.37 Å². The Bertz CT molecular complexity index is 526. The summed E-state index contributed by atoms with van der Waals surface area (Å²) in [6.07, 6.45) is 1.74. The Hall–Kier alpha value is -2.10. The standard InChI is InChI=1S/C13H14FN3/c1-9-5-12(15)13(16-7-9)17-8-10-3-2-4-11(14)6-10/h2-7H,8,15H2,1H3,(H,16,17). The number of nitrogens with one attached hydrogen (secondary N) is 1. The van der Waals surface area contributed by atoms with Crippen molar-refractivity contribution in [2.75, 3.05) is 11.1 Å². The van der Waals surface area contributed by atoms with Gasteiger partial charge in [-0.2, -0.15) is 0 Å². The maximum Gasteiger partial charge on any atom is 0.149 e. The second kappa shape index (κ2) is 4.82. The lowest BCUT2D eigenvalue weighted by atomic mass is 10.2. The molecule has 0 aliphatic carbocycles. The zero-order valence-electron chi connectivity index (χ0n) is 9.57. The molecule has 4 heteroatoms. The summed E-state index contributed by atoms with van der Waals surface area (Å²) < 4.78 is 13.0. The minimum absolute atomic E-state index is 0.242. The van der Waals surface area contributed by atoms with Crippen molar-refractivity contribution in [2.45, 2.75) is 13.5 Å². The van der Waals surface area contributed by atoms with Crippen molar-refractivity contribution in [2.24, 2.45) is 0 Å². The molecule has 0 aliphatic rings. The van der Waals surface area contributed by atoms with Crippen LogP contribution in [0, 0.1) is 12.7 Å². The number of nitrogens with two attached hydrogens (primary N) is 1. The van der Waals surface area contributed by atoms with Crippen LogP contribution in [0.1, 0.15) is 11.1 Å². The first-order chi connectivity index (χ1) is 8.15. The molecule has 88 valence electrons. The van der Waals surface area contributed by atoms with E-state index in [1.807, 2.05) is 19.1 Å². The highest BCUT2D eigenvalue weighted by Crippen LogP contribution is 2.16. The van der Waals surface area contributed by atoms with Crippen molar-refractivity contribution < 1.29 is 4.39 Å².